The molecule has 0 radical (unpaired) electrons. The van der Waals surface area contributed by atoms with E-state index in [1.807, 2.05) is 13.0 Å². The lowest BCUT2D eigenvalue weighted by Gasteiger charge is -2.23. The van der Waals surface area contributed by atoms with Gasteiger partial charge in [0.15, 0.2) is 0 Å². The van der Waals surface area contributed by atoms with Gasteiger partial charge in [-0.05, 0) is 32.1 Å². The SMILES string of the molecule is Cc1cc(NC2CCCCC2)nc(NCCC(C)C)n1. The molecule has 0 bridgehead atoms. The number of aryl methyl sites for hydroxylation is 1. The van der Waals surface area contributed by atoms with E-state index in [0.717, 1.165) is 30.4 Å². The summed E-state index contributed by atoms with van der Waals surface area (Å²) in [5.41, 5.74) is 1.02. The minimum atomic E-state index is 0.585. The number of rotatable bonds is 6. The number of hydrogen-bond donors (Lipinski definition) is 2. The highest BCUT2D eigenvalue weighted by molar-refractivity contribution is 5.42. The molecule has 1 aromatic rings. The average molecular weight is 276 g/mol. The second kappa shape index (κ2) is 7.46. The monoisotopic (exact) mass is 276 g/mol. The van der Waals surface area contributed by atoms with Gasteiger partial charge in [0, 0.05) is 24.3 Å². The van der Waals surface area contributed by atoms with Gasteiger partial charge in [-0.2, -0.15) is 4.98 Å². The number of hydrogen-bond acceptors (Lipinski definition) is 4. The Morgan fingerprint density at radius 2 is 1.95 bits per heavy atom. The van der Waals surface area contributed by atoms with E-state index in [4.69, 9.17) is 0 Å². The lowest BCUT2D eigenvalue weighted by atomic mass is 9.95. The molecule has 1 aliphatic carbocycles. The van der Waals surface area contributed by atoms with Crippen molar-refractivity contribution in [2.24, 2.45) is 5.92 Å². The summed E-state index contributed by atoms with van der Waals surface area (Å²) in [4.78, 5) is 9.05. The highest BCUT2D eigenvalue weighted by atomic mass is 15.1. The first-order valence-corrected chi connectivity index (χ1v) is 7.99. The van der Waals surface area contributed by atoms with E-state index < -0.39 is 0 Å². The Labute approximate surface area is 122 Å². The molecule has 0 unspecified atom stereocenters. The number of nitrogens with one attached hydrogen (secondary N) is 2. The maximum Gasteiger partial charge on any atom is 0.224 e. The Morgan fingerprint density at radius 3 is 2.65 bits per heavy atom. The van der Waals surface area contributed by atoms with Crippen LogP contribution in [0.3, 0.4) is 0 Å². The van der Waals surface area contributed by atoms with Crippen LogP contribution in [0.4, 0.5) is 11.8 Å². The Hall–Kier alpha value is -1.32. The molecule has 1 saturated carbocycles. The maximum absolute atomic E-state index is 4.59. The minimum absolute atomic E-state index is 0.585. The molecule has 0 atom stereocenters. The molecule has 20 heavy (non-hydrogen) atoms. The Morgan fingerprint density at radius 1 is 1.20 bits per heavy atom. The van der Waals surface area contributed by atoms with E-state index in [1.54, 1.807) is 0 Å². The fraction of sp³-hybridized carbons (Fsp3) is 0.750. The van der Waals surface area contributed by atoms with Gasteiger partial charge in [-0.25, -0.2) is 4.98 Å². The van der Waals surface area contributed by atoms with Crippen LogP contribution >= 0.6 is 0 Å². The third-order valence-electron chi connectivity index (χ3n) is 3.82. The molecule has 0 aromatic carbocycles. The van der Waals surface area contributed by atoms with E-state index in [0.29, 0.717) is 12.0 Å². The second-order valence-corrected chi connectivity index (χ2v) is 6.31. The molecule has 112 valence electrons. The third-order valence-corrected chi connectivity index (χ3v) is 3.82. The molecule has 1 fully saturated rings. The largest absolute Gasteiger partial charge is 0.367 e. The summed E-state index contributed by atoms with van der Waals surface area (Å²) in [6.45, 7) is 7.43. The van der Waals surface area contributed by atoms with E-state index in [1.165, 1.54) is 32.1 Å². The van der Waals surface area contributed by atoms with Crippen molar-refractivity contribution in [2.45, 2.75) is 65.3 Å². The number of nitrogens with zero attached hydrogens (tertiary/aromatic N) is 2. The lowest BCUT2D eigenvalue weighted by Crippen LogP contribution is -2.23. The van der Waals surface area contributed by atoms with Gasteiger partial charge in [-0.1, -0.05) is 33.1 Å². The van der Waals surface area contributed by atoms with Crippen LogP contribution in [-0.2, 0) is 0 Å². The van der Waals surface area contributed by atoms with Gasteiger partial charge in [0.2, 0.25) is 5.95 Å². The van der Waals surface area contributed by atoms with E-state index in [9.17, 15) is 0 Å². The standard InChI is InChI=1S/C16H28N4/c1-12(2)9-10-17-16-18-13(3)11-15(20-16)19-14-7-5-4-6-8-14/h11-12,14H,4-10H2,1-3H3,(H2,17,18,19,20). The minimum Gasteiger partial charge on any atom is -0.367 e. The zero-order chi connectivity index (χ0) is 14.4. The fourth-order valence-corrected chi connectivity index (χ4v) is 2.65. The van der Waals surface area contributed by atoms with Crippen molar-refractivity contribution < 1.29 is 0 Å². The Bertz CT molecular complexity index is 411. The lowest BCUT2D eigenvalue weighted by molar-refractivity contribution is 0.462. The van der Waals surface area contributed by atoms with E-state index in [2.05, 4.69) is 34.4 Å². The topological polar surface area (TPSA) is 49.8 Å². The van der Waals surface area contributed by atoms with Gasteiger partial charge in [-0.15, -0.1) is 0 Å². The Balaban J connectivity index is 1.93. The van der Waals surface area contributed by atoms with Gasteiger partial charge in [0.25, 0.3) is 0 Å². The van der Waals surface area contributed by atoms with E-state index in [-0.39, 0.29) is 0 Å². The maximum atomic E-state index is 4.59. The van der Waals surface area contributed by atoms with Gasteiger partial charge < -0.3 is 10.6 Å². The van der Waals surface area contributed by atoms with Gasteiger partial charge in [0.1, 0.15) is 5.82 Å². The quantitative estimate of drug-likeness (QED) is 0.825. The van der Waals surface area contributed by atoms with Crippen molar-refractivity contribution in [3.63, 3.8) is 0 Å². The van der Waals surface area contributed by atoms with Gasteiger partial charge in [0.05, 0.1) is 0 Å². The molecular formula is C16H28N4. The predicted octanol–water partition coefficient (Wildman–Crippen LogP) is 3.99. The number of anilines is 2. The van der Waals surface area contributed by atoms with E-state index >= 15 is 0 Å². The van der Waals surface area contributed by atoms with Crippen molar-refractivity contribution in [2.75, 3.05) is 17.2 Å². The molecule has 1 aliphatic rings. The first kappa shape index (κ1) is 15.1. The van der Waals surface area contributed by atoms with Crippen LogP contribution in [-0.4, -0.2) is 22.6 Å². The van der Waals surface area contributed by atoms with Gasteiger partial charge >= 0.3 is 0 Å². The molecule has 4 nitrogen and oxygen atoms in total. The molecule has 0 aliphatic heterocycles. The normalized spacial score (nSPS) is 16.4. The van der Waals surface area contributed by atoms with Crippen molar-refractivity contribution in [3.8, 4) is 0 Å². The summed E-state index contributed by atoms with van der Waals surface area (Å²) in [6, 6.07) is 2.63. The highest BCUT2D eigenvalue weighted by Crippen LogP contribution is 2.21. The van der Waals surface area contributed by atoms with Crippen molar-refractivity contribution in [1.82, 2.24) is 9.97 Å². The summed E-state index contributed by atoms with van der Waals surface area (Å²) in [5, 5.41) is 6.90. The number of aromatic nitrogens is 2. The van der Waals surface area contributed by atoms with Crippen molar-refractivity contribution in [3.05, 3.63) is 11.8 Å². The third kappa shape index (κ3) is 4.99. The molecule has 0 spiro atoms. The zero-order valence-electron chi connectivity index (χ0n) is 13.1. The van der Waals surface area contributed by atoms with Crippen LogP contribution in [0.5, 0.6) is 0 Å². The average Bonchev–Trinajstić information content (AvgIpc) is 2.38. The fourth-order valence-electron chi connectivity index (χ4n) is 2.65. The van der Waals surface area contributed by atoms with Crippen LogP contribution in [0.25, 0.3) is 0 Å². The molecule has 4 heteroatoms. The summed E-state index contributed by atoms with van der Waals surface area (Å²) in [6.07, 6.45) is 7.71. The van der Waals surface area contributed by atoms with Crippen molar-refractivity contribution >= 4 is 11.8 Å². The first-order valence-electron chi connectivity index (χ1n) is 7.99. The van der Waals surface area contributed by atoms with Crippen molar-refractivity contribution in [1.29, 1.82) is 0 Å². The molecular weight excluding hydrogens is 248 g/mol. The zero-order valence-corrected chi connectivity index (χ0v) is 13.1. The molecule has 2 N–H and O–H groups in total. The molecule has 0 amide bonds. The molecule has 1 heterocycles. The van der Waals surface area contributed by atoms with Gasteiger partial charge in [-0.3, -0.25) is 0 Å². The molecule has 1 aromatic heterocycles. The summed E-state index contributed by atoms with van der Waals surface area (Å²) in [7, 11) is 0. The summed E-state index contributed by atoms with van der Waals surface area (Å²) < 4.78 is 0. The molecule has 0 saturated heterocycles. The summed E-state index contributed by atoms with van der Waals surface area (Å²) >= 11 is 0. The van der Waals surface area contributed by atoms with Crippen LogP contribution in [0.15, 0.2) is 6.07 Å². The smallest absolute Gasteiger partial charge is 0.224 e. The van der Waals surface area contributed by atoms with Crippen LogP contribution < -0.4 is 10.6 Å². The molecule has 2 rings (SSSR count). The Kier molecular flexibility index (Phi) is 5.62. The first-order chi connectivity index (χ1) is 9.63. The van der Waals surface area contributed by atoms with Crippen LogP contribution in [0.1, 0.15) is 58.1 Å². The van der Waals surface area contributed by atoms with Crippen LogP contribution in [0.2, 0.25) is 0 Å². The summed E-state index contributed by atoms with van der Waals surface area (Å²) in [5.74, 6) is 2.42. The highest BCUT2D eigenvalue weighted by Gasteiger charge is 2.14. The van der Waals surface area contributed by atoms with Crippen LogP contribution in [0, 0.1) is 12.8 Å². The second-order valence-electron chi connectivity index (χ2n) is 6.31. The predicted molar refractivity (Wildman–Crippen MR) is 85.2 cm³/mol.